The Bertz CT molecular complexity index is 797. The van der Waals surface area contributed by atoms with Crippen LogP contribution in [0.5, 0.6) is 11.5 Å². The summed E-state index contributed by atoms with van der Waals surface area (Å²) in [6.07, 6.45) is 0.731. The number of methoxy groups -OCH3 is 2. The van der Waals surface area contributed by atoms with Crippen LogP contribution in [0, 0.1) is 0 Å². The lowest BCUT2D eigenvalue weighted by molar-refractivity contribution is -0.124. The molecule has 26 heavy (non-hydrogen) atoms. The quantitative estimate of drug-likeness (QED) is 0.587. The van der Waals surface area contributed by atoms with Gasteiger partial charge in [0.25, 0.3) is 5.91 Å². The van der Waals surface area contributed by atoms with Gasteiger partial charge in [0.15, 0.2) is 6.10 Å². The van der Waals surface area contributed by atoms with Gasteiger partial charge in [-0.25, -0.2) is 9.78 Å². The van der Waals surface area contributed by atoms with E-state index in [0.29, 0.717) is 17.2 Å². The minimum Gasteiger partial charge on any atom is -0.497 e. The molecule has 0 aliphatic heterocycles. The number of nitrogens with zero attached hydrogens (tertiary/aromatic N) is 1. The van der Waals surface area contributed by atoms with Crippen LogP contribution in [-0.2, 0) is 9.53 Å². The van der Waals surface area contributed by atoms with Crippen molar-refractivity contribution >= 4 is 29.2 Å². The van der Waals surface area contributed by atoms with Crippen molar-refractivity contribution in [2.24, 2.45) is 0 Å². The lowest BCUT2D eigenvalue weighted by atomic mass is 10.2. The summed E-state index contributed by atoms with van der Waals surface area (Å²) in [6.45, 7) is 1.73. The SMILES string of the molecule is CCC(OC(=O)c1cccnc1Cl)C(=O)Nc1cc(OC)ccc1OC. The molecule has 2 rings (SSSR count). The van der Waals surface area contributed by atoms with E-state index in [1.807, 2.05) is 0 Å². The van der Waals surface area contributed by atoms with Crippen LogP contribution in [-0.4, -0.2) is 37.2 Å². The average Bonchev–Trinajstić information content (AvgIpc) is 2.66. The van der Waals surface area contributed by atoms with Gasteiger partial charge in [0.2, 0.25) is 0 Å². The Morgan fingerprint density at radius 3 is 2.62 bits per heavy atom. The minimum atomic E-state index is -1.00. The number of benzene rings is 1. The number of hydrogen-bond donors (Lipinski definition) is 1. The molecule has 0 saturated heterocycles. The lowest BCUT2D eigenvalue weighted by Crippen LogP contribution is -2.32. The molecular weight excluding hydrogens is 360 g/mol. The molecule has 0 radical (unpaired) electrons. The summed E-state index contributed by atoms with van der Waals surface area (Å²) < 4.78 is 15.6. The van der Waals surface area contributed by atoms with Crippen LogP contribution in [0.4, 0.5) is 5.69 Å². The molecule has 1 N–H and O–H groups in total. The van der Waals surface area contributed by atoms with Gasteiger partial charge < -0.3 is 19.5 Å². The van der Waals surface area contributed by atoms with Gasteiger partial charge in [-0.05, 0) is 30.7 Å². The second kappa shape index (κ2) is 9.05. The van der Waals surface area contributed by atoms with Gasteiger partial charge >= 0.3 is 5.97 Å². The van der Waals surface area contributed by atoms with E-state index < -0.39 is 18.0 Å². The molecule has 0 spiro atoms. The summed E-state index contributed by atoms with van der Waals surface area (Å²) in [5.41, 5.74) is 0.505. The van der Waals surface area contributed by atoms with E-state index in [9.17, 15) is 9.59 Å². The first-order chi connectivity index (χ1) is 12.5. The largest absolute Gasteiger partial charge is 0.497 e. The van der Waals surface area contributed by atoms with Gasteiger partial charge in [0.1, 0.15) is 16.7 Å². The molecule has 1 atom stereocenters. The van der Waals surface area contributed by atoms with Gasteiger partial charge in [0.05, 0.1) is 25.5 Å². The number of aromatic nitrogens is 1. The van der Waals surface area contributed by atoms with Gasteiger partial charge in [-0.2, -0.15) is 0 Å². The Morgan fingerprint density at radius 1 is 1.23 bits per heavy atom. The maximum atomic E-state index is 12.5. The zero-order valence-corrected chi connectivity index (χ0v) is 15.4. The number of carbonyl (C=O) groups is 2. The van der Waals surface area contributed by atoms with Crippen LogP contribution < -0.4 is 14.8 Å². The van der Waals surface area contributed by atoms with Crippen molar-refractivity contribution in [3.8, 4) is 11.5 Å². The number of anilines is 1. The molecule has 2 aromatic rings. The van der Waals surface area contributed by atoms with Crippen molar-refractivity contribution in [2.45, 2.75) is 19.4 Å². The standard InChI is InChI=1S/C18H19ClN2O5/c1-4-14(26-18(23)12-6-5-9-20-16(12)19)17(22)21-13-10-11(24-2)7-8-15(13)25-3/h5-10,14H,4H2,1-3H3,(H,21,22). The van der Waals surface area contributed by atoms with Crippen LogP contribution in [0.1, 0.15) is 23.7 Å². The fraction of sp³-hybridized carbons (Fsp3) is 0.278. The van der Waals surface area contributed by atoms with E-state index in [4.69, 9.17) is 25.8 Å². The topological polar surface area (TPSA) is 86.8 Å². The third kappa shape index (κ3) is 4.64. The zero-order chi connectivity index (χ0) is 19.1. The summed E-state index contributed by atoms with van der Waals surface area (Å²) in [6, 6.07) is 8.02. The maximum Gasteiger partial charge on any atom is 0.342 e. The van der Waals surface area contributed by atoms with Crippen LogP contribution in [0.15, 0.2) is 36.5 Å². The van der Waals surface area contributed by atoms with E-state index in [2.05, 4.69) is 10.3 Å². The normalized spacial score (nSPS) is 11.4. The first-order valence-corrected chi connectivity index (χ1v) is 8.22. The first kappa shape index (κ1) is 19.5. The number of nitrogens with one attached hydrogen (secondary N) is 1. The van der Waals surface area contributed by atoms with Crippen molar-refractivity contribution in [2.75, 3.05) is 19.5 Å². The van der Waals surface area contributed by atoms with E-state index in [1.165, 1.54) is 26.5 Å². The van der Waals surface area contributed by atoms with Gasteiger partial charge in [-0.15, -0.1) is 0 Å². The lowest BCUT2D eigenvalue weighted by Gasteiger charge is -2.18. The summed E-state index contributed by atoms with van der Waals surface area (Å²) in [4.78, 5) is 28.6. The second-order valence-corrected chi connectivity index (χ2v) is 5.56. The average molecular weight is 379 g/mol. The molecule has 1 aromatic carbocycles. The molecule has 7 nitrogen and oxygen atoms in total. The summed E-state index contributed by atoms with van der Waals surface area (Å²) >= 11 is 5.89. The number of pyridine rings is 1. The second-order valence-electron chi connectivity index (χ2n) is 5.20. The fourth-order valence-corrected chi connectivity index (χ4v) is 2.37. The van der Waals surface area contributed by atoms with Gasteiger partial charge in [-0.1, -0.05) is 18.5 Å². The minimum absolute atomic E-state index is 0.0160. The van der Waals surface area contributed by atoms with Crippen molar-refractivity contribution in [3.05, 3.63) is 47.2 Å². The number of halogens is 1. The Kier molecular flexibility index (Phi) is 6.80. The van der Waals surface area contributed by atoms with Crippen LogP contribution in [0.3, 0.4) is 0 Å². The highest BCUT2D eigenvalue weighted by atomic mass is 35.5. The third-order valence-electron chi connectivity index (χ3n) is 3.56. The smallest absolute Gasteiger partial charge is 0.342 e. The zero-order valence-electron chi connectivity index (χ0n) is 14.6. The predicted molar refractivity (Wildman–Crippen MR) is 96.9 cm³/mol. The predicted octanol–water partition coefficient (Wildman–Crippen LogP) is 3.33. The number of esters is 1. The maximum absolute atomic E-state index is 12.5. The van der Waals surface area contributed by atoms with E-state index in [0.717, 1.165) is 0 Å². The van der Waals surface area contributed by atoms with Crippen LogP contribution in [0.2, 0.25) is 5.15 Å². The first-order valence-electron chi connectivity index (χ1n) is 7.84. The van der Waals surface area contributed by atoms with Crippen LogP contribution in [0.25, 0.3) is 0 Å². The fourth-order valence-electron chi connectivity index (χ4n) is 2.18. The van der Waals surface area contributed by atoms with Gasteiger partial charge in [0, 0.05) is 12.3 Å². The van der Waals surface area contributed by atoms with E-state index in [-0.39, 0.29) is 17.1 Å². The molecule has 0 aliphatic rings. The van der Waals surface area contributed by atoms with Gasteiger partial charge in [-0.3, -0.25) is 4.79 Å². The van der Waals surface area contributed by atoms with E-state index in [1.54, 1.807) is 31.2 Å². The number of ether oxygens (including phenoxy) is 3. The molecule has 0 bridgehead atoms. The highest BCUT2D eigenvalue weighted by Gasteiger charge is 2.24. The molecule has 138 valence electrons. The molecule has 1 aromatic heterocycles. The third-order valence-corrected chi connectivity index (χ3v) is 3.86. The number of hydrogen-bond acceptors (Lipinski definition) is 6. The molecule has 0 aliphatic carbocycles. The van der Waals surface area contributed by atoms with Crippen molar-refractivity contribution < 1.29 is 23.8 Å². The molecule has 1 unspecified atom stereocenters. The van der Waals surface area contributed by atoms with E-state index >= 15 is 0 Å². The Morgan fingerprint density at radius 2 is 2.00 bits per heavy atom. The monoisotopic (exact) mass is 378 g/mol. The van der Waals surface area contributed by atoms with Crippen molar-refractivity contribution in [3.63, 3.8) is 0 Å². The summed E-state index contributed by atoms with van der Waals surface area (Å²) in [7, 11) is 3.00. The molecule has 1 heterocycles. The number of carbonyl (C=O) groups excluding carboxylic acids is 2. The highest BCUT2D eigenvalue weighted by molar-refractivity contribution is 6.32. The Hall–Kier alpha value is -2.80. The van der Waals surface area contributed by atoms with Crippen molar-refractivity contribution in [1.29, 1.82) is 0 Å². The molecular formula is C18H19ClN2O5. The van der Waals surface area contributed by atoms with Crippen molar-refractivity contribution in [1.82, 2.24) is 4.98 Å². The summed E-state index contributed by atoms with van der Waals surface area (Å²) in [5.74, 6) is -0.209. The molecule has 0 saturated carbocycles. The number of rotatable bonds is 7. The Labute approximate surface area is 156 Å². The molecule has 1 amide bonds. The summed E-state index contributed by atoms with van der Waals surface area (Å²) in [5, 5.41) is 2.70. The molecule has 8 heteroatoms. The highest BCUT2D eigenvalue weighted by Crippen LogP contribution is 2.29. The molecule has 0 fully saturated rings. The Balaban J connectivity index is 2.14. The van der Waals surface area contributed by atoms with Crippen LogP contribution >= 0.6 is 11.6 Å². The number of amides is 1.